The van der Waals surface area contributed by atoms with Gasteiger partial charge in [-0.25, -0.2) is 13.4 Å². The Bertz CT molecular complexity index is 1500. The first-order chi connectivity index (χ1) is 19.5. The minimum absolute atomic E-state index is 0.0623. The van der Waals surface area contributed by atoms with Crippen LogP contribution in [0.15, 0.2) is 29.6 Å². The van der Waals surface area contributed by atoms with Crippen molar-refractivity contribution in [1.29, 1.82) is 0 Å². The van der Waals surface area contributed by atoms with Gasteiger partial charge >= 0.3 is 0 Å². The van der Waals surface area contributed by atoms with E-state index in [0.29, 0.717) is 11.9 Å². The topological polar surface area (TPSA) is 134 Å². The highest BCUT2D eigenvalue weighted by atomic mass is 35.5. The Labute approximate surface area is 246 Å². The summed E-state index contributed by atoms with van der Waals surface area (Å²) in [6.45, 7) is 8.18. The van der Waals surface area contributed by atoms with Crippen LogP contribution in [0.2, 0.25) is 5.02 Å². The summed E-state index contributed by atoms with van der Waals surface area (Å²) < 4.78 is 33.5. The Kier molecular flexibility index (Phi) is 8.74. The molecule has 1 saturated heterocycles. The number of aliphatic hydroxyl groups excluding tert-OH is 1. The molecule has 0 unspecified atom stereocenters. The van der Waals surface area contributed by atoms with Crippen LogP contribution in [0.1, 0.15) is 56.6 Å². The zero-order valence-electron chi connectivity index (χ0n) is 23.9. The summed E-state index contributed by atoms with van der Waals surface area (Å²) in [4.78, 5) is 11.2. The molecule has 3 aromatic rings. The van der Waals surface area contributed by atoms with E-state index in [9.17, 15) is 13.5 Å². The maximum absolute atomic E-state index is 12.9. The van der Waals surface area contributed by atoms with Crippen molar-refractivity contribution in [2.45, 2.75) is 68.8 Å². The minimum atomic E-state index is -3.64. The van der Waals surface area contributed by atoms with Crippen molar-refractivity contribution in [3.05, 3.63) is 40.7 Å². The molecule has 13 heteroatoms. The van der Waals surface area contributed by atoms with Crippen LogP contribution in [0.5, 0.6) is 5.75 Å². The molecule has 41 heavy (non-hydrogen) atoms. The summed E-state index contributed by atoms with van der Waals surface area (Å²) in [6.07, 6.45) is 7.38. The number of sulfone groups is 1. The predicted molar refractivity (Wildman–Crippen MR) is 159 cm³/mol. The van der Waals surface area contributed by atoms with Crippen molar-refractivity contribution in [3.8, 4) is 5.75 Å². The van der Waals surface area contributed by atoms with Gasteiger partial charge in [-0.05, 0) is 88.7 Å². The fraction of sp³-hybridized carbons (Fsp3) is 0.536. The molecule has 1 aliphatic carbocycles. The molecule has 0 bridgehead atoms. The van der Waals surface area contributed by atoms with Crippen LogP contribution in [-0.4, -0.2) is 75.8 Å². The molecule has 0 amide bonds. The molecular weight excluding hydrogens is 566 g/mol. The summed E-state index contributed by atoms with van der Waals surface area (Å²) >= 11 is 6.42. The zero-order valence-corrected chi connectivity index (χ0v) is 25.5. The van der Waals surface area contributed by atoms with Gasteiger partial charge in [0.15, 0.2) is 5.82 Å². The molecule has 1 aromatic carbocycles. The van der Waals surface area contributed by atoms with Crippen LogP contribution in [0.4, 0.5) is 23.1 Å². The van der Waals surface area contributed by atoms with E-state index in [1.165, 1.54) is 16.4 Å². The summed E-state index contributed by atoms with van der Waals surface area (Å²) in [6, 6.07) is 4.22. The molecular formula is C28H38ClN7O4S. The Balaban J connectivity index is 1.40. The lowest BCUT2D eigenvalue weighted by Gasteiger charge is -2.32. The van der Waals surface area contributed by atoms with Gasteiger partial charge in [-0.1, -0.05) is 11.6 Å². The maximum Gasteiger partial charge on any atom is 0.229 e. The van der Waals surface area contributed by atoms with E-state index < -0.39 is 15.1 Å². The number of aryl methyl sites for hydroxylation is 2. The molecule has 1 aliphatic heterocycles. The smallest absolute Gasteiger partial charge is 0.229 e. The van der Waals surface area contributed by atoms with E-state index in [0.717, 1.165) is 62.3 Å². The largest absolute Gasteiger partial charge is 0.488 e. The summed E-state index contributed by atoms with van der Waals surface area (Å²) in [5.41, 5.74) is 3.48. The highest BCUT2D eigenvalue weighted by Crippen LogP contribution is 2.40. The third-order valence-electron chi connectivity index (χ3n) is 7.56. The van der Waals surface area contributed by atoms with E-state index in [2.05, 4.69) is 49.7 Å². The number of β-amino-alcohol motifs (C(OH)–C–C–N with tert-alkyl or cyclic N) is 1. The zero-order chi connectivity index (χ0) is 29.3. The summed E-state index contributed by atoms with van der Waals surface area (Å²) in [5.74, 6) is 1.74. The lowest BCUT2D eigenvalue weighted by Crippen LogP contribution is -2.35. The first-order valence-corrected chi connectivity index (χ1v) is 16.0. The van der Waals surface area contributed by atoms with Crippen molar-refractivity contribution in [2.24, 2.45) is 7.05 Å². The van der Waals surface area contributed by atoms with Gasteiger partial charge in [-0.15, -0.1) is 0 Å². The van der Waals surface area contributed by atoms with Gasteiger partial charge in [0, 0.05) is 19.8 Å². The van der Waals surface area contributed by atoms with Crippen molar-refractivity contribution in [2.75, 3.05) is 36.9 Å². The number of nitrogens with one attached hydrogen (secondary N) is 2. The van der Waals surface area contributed by atoms with Gasteiger partial charge in [0.1, 0.15) is 10.8 Å². The number of hydrogen-bond acceptors (Lipinski definition) is 10. The number of likely N-dealkylation sites (tertiary alicyclic amines) is 1. The first-order valence-electron chi connectivity index (χ1n) is 14.0. The molecule has 5 rings (SSSR count). The molecule has 3 heterocycles. The molecule has 0 radical (unpaired) electrons. The number of rotatable bonds is 11. The quantitative estimate of drug-likeness (QED) is 0.286. The lowest BCUT2D eigenvalue weighted by atomic mass is 9.86. The monoisotopic (exact) mass is 603 g/mol. The number of aliphatic hydroxyl groups is 1. The number of aromatic nitrogens is 4. The lowest BCUT2D eigenvalue weighted by molar-refractivity contribution is 0.164. The van der Waals surface area contributed by atoms with Crippen LogP contribution >= 0.6 is 11.6 Å². The number of piperidine rings is 1. The third-order valence-corrected chi connectivity index (χ3v) is 9.92. The molecule has 11 nitrogen and oxygen atoms in total. The highest BCUT2D eigenvalue weighted by molar-refractivity contribution is 7.92. The van der Waals surface area contributed by atoms with Gasteiger partial charge in [0.2, 0.25) is 20.8 Å². The Morgan fingerprint density at radius 3 is 2.54 bits per heavy atom. The first kappa shape index (κ1) is 29.6. The molecule has 0 spiro atoms. The van der Waals surface area contributed by atoms with Crippen LogP contribution in [-0.2, 0) is 16.9 Å². The summed E-state index contributed by atoms with van der Waals surface area (Å²) in [5, 5.41) is 19.3. The minimum Gasteiger partial charge on any atom is -0.488 e. The second-order valence-electron chi connectivity index (χ2n) is 11.1. The van der Waals surface area contributed by atoms with E-state index in [1.807, 2.05) is 0 Å². The van der Waals surface area contributed by atoms with Gasteiger partial charge < -0.3 is 25.4 Å². The van der Waals surface area contributed by atoms with Crippen molar-refractivity contribution in [1.82, 2.24) is 24.6 Å². The van der Waals surface area contributed by atoms with E-state index in [1.54, 1.807) is 27.1 Å². The molecule has 2 fully saturated rings. The fourth-order valence-corrected chi connectivity index (χ4v) is 6.30. The second kappa shape index (κ2) is 12.1. The molecule has 3 N–H and O–H groups in total. The number of halogens is 1. The molecule has 2 aromatic heterocycles. The number of hydrogen-bond donors (Lipinski definition) is 3. The number of anilines is 4. The number of nitrogens with zero attached hydrogens (tertiary/aromatic N) is 5. The van der Waals surface area contributed by atoms with Crippen molar-refractivity contribution >= 4 is 44.6 Å². The van der Waals surface area contributed by atoms with E-state index in [4.69, 9.17) is 16.3 Å². The van der Waals surface area contributed by atoms with Crippen molar-refractivity contribution < 1.29 is 18.3 Å². The van der Waals surface area contributed by atoms with Crippen molar-refractivity contribution in [3.63, 3.8) is 0 Å². The number of benzene rings is 1. The number of ether oxygens (including phenoxy) is 1. The molecule has 0 atom stereocenters. The van der Waals surface area contributed by atoms with Crippen LogP contribution in [0.25, 0.3) is 0 Å². The van der Waals surface area contributed by atoms with E-state index >= 15 is 0 Å². The maximum atomic E-state index is 12.9. The van der Waals surface area contributed by atoms with Gasteiger partial charge in [-0.2, -0.15) is 10.1 Å². The van der Waals surface area contributed by atoms with Crippen LogP contribution < -0.4 is 15.4 Å². The van der Waals surface area contributed by atoms with Crippen LogP contribution in [0.3, 0.4) is 0 Å². The SMILES string of the molecule is Cc1cc(Nc2ncc(Cl)c(Nc3cn(C)nc3S(=O)(=O)C(C)C)n2)c(OC2CC2)cc1C1CCN(CCO)CC1. The van der Waals surface area contributed by atoms with Crippen LogP contribution in [0, 0.1) is 6.92 Å². The Morgan fingerprint density at radius 2 is 1.88 bits per heavy atom. The summed E-state index contributed by atoms with van der Waals surface area (Å²) in [7, 11) is -1.98. The second-order valence-corrected chi connectivity index (χ2v) is 13.9. The average molecular weight is 604 g/mol. The Morgan fingerprint density at radius 1 is 1.15 bits per heavy atom. The molecule has 222 valence electrons. The normalized spacial score (nSPS) is 16.8. The fourth-order valence-electron chi connectivity index (χ4n) is 5.06. The highest BCUT2D eigenvalue weighted by Gasteiger charge is 2.29. The van der Waals surface area contributed by atoms with Gasteiger partial charge in [0.05, 0.1) is 35.5 Å². The Hall–Kier alpha value is -2.93. The molecule has 1 saturated carbocycles. The predicted octanol–water partition coefficient (Wildman–Crippen LogP) is 4.55. The van der Waals surface area contributed by atoms with Gasteiger partial charge in [-0.3, -0.25) is 4.68 Å². The molecule has 2 aliphatic rings. The van der Waals surface area contributed by atoms with E-state index in [-0.39, 0.29) is 34.3 Å². The average Bonchev–Trinajstić information content (AvgIpc) is 3.67. The standard InChI is InChI=1S/C28H38ClN7O4S/c1-17(2)41(38,39)27-24(16-35(4)34-27)31-26-22(29)15-30-28(33-26)32-23-13-18(3)21(14-25(23)40-20-5-6-20)19-7-9-36(10-8-19)11-12-37/h13-17,19-20,37H,5-12H2,1-4H3,(H2,30,31,32,33). The van der Waals surface area contributed by atoms with Gasteiger partial charge in [0.25, 0.3) is 0 Å². The third kappa shape index (κ3) is 6.77.